The number of aromatic nitrogens is 1. The Bertz CT molecular complexity index is 1110. The van der Waals surface area contributed by atoms with Crippen LogP contribution in [0.2, 0.25) is 0 Å². The summed E-state index contributed by atoms with van der Waals surface area (Å²) >= 11 is 1.35. The van der Waals surface area contributed by atoms with E-state index in [4.69, 9.17) is 14.2 Å². The summed E-state index contributed by atoms with van der Waals surface area (Å²) in [5, 5.41) is 5.35. The number of thiazole rings is 1. The number of rotatable bonds is 6. The zero-order chi connectivity index (χ0) is 21.8. The SMILES string of the molecule is Cc1ccc(C)c(NC(=O)Cc2nc(COC(=O)C3COc4ccccc4O3)cs2)c1. The van der Waals surface area contributed by atoms with Crippen LogP contribution in [0.25, 0.3) is 0 Å². The van der Waals surface area contributed by atoms with Gasteiger partial charge in [0.1, 0.15) is 18.2 Å². The molecule has 1 N–H and O–H groups in total. The average molecular weight is 439 g/mol. The van der Waals surface area contributed by atoms with Gasteiger partial charge in [-0.05, 0) is 43.2 Å². The van der Waals surface area contributed by atoms with Gasteiger partial charge < -0.3 is 19.5 Å². The van der Waals surface area contributed by atoms with E-state index in [-0.39, 0.29) is 25.5 Å². The van der Waals surface area contributed by atoms with Crippen molar-refractivity contribution in [2.45, 2.75) is 33.0 Å². The van der Waals surface area contributed by atoms with Gasteiger partial charge in [-0.25, -0.2) is 9.78 Å². The molecule has 4 rings (SSSR count). The van der Waals surface area contributed by atoms with E-state index in [1.54, 1.807) is 17.5 Å². The average Bonchev–Trinajstić information content (AvgIpc) is 3.21. The van der Waals surface area contributed by atoms with Gasteiger partial charge in [0.25, 0.3) is 0 Å². The number of aryl methyl sites for hydroxylation is 2. The summed E-state index contributed by atoms with van der Waals surface area (Å²) in [6.45, 7) is 4.03. The molecule has 0 fully saturated rings. The Kier molecular flexibility index (Phi) is 6.18. The second-order valence-corrected chi connectivity index (χ2v) is 8.19. The van der Waals surface area contributed by atoms with Crippen molar-refractivity contribution in [1.29, 1.82) is 0 Å². The van der Waals surface area contributed by atoms with E-state index in [1.807, 2.05) is 44.2 Å². The van der Waals surface area contributed by atoms with Crippen molar-refractivity contribution in [2.75, 3.05) is 11.9 Å². The molecule has 7 nitrogen and oxygen atoms in total. The summed E-state index contributed by atoms with van der Waals surface area (Å²) < 4.78 is 16.5. The molecule has 1 atom stereocenters. The molecule has 0 aliphatic carbocycles. The molecule has 8 heteroatoms. The van der Waals surface area contributed by atoms with Gasteiger partial charge in [-0.15, -0.1) is 11.3 Å². The van der Waals surface area contributed by atoms with Crippen molar-refractivity contribution >= 4 is 28.9 Å². The highest BCUT2D eigenvalue weighted by atomic mass is 32.1. The van der Waals surface area contributed by atoms with Crippen LogP contribution < -0.4 is 14.8 Å². The zero-order valence-corrected chi connectivity index (χ0v) is 18.0. The number of esters is 1. The monoisotopic (exact) mass is 438 g/mol. The lowest BCUT2D eigenvalue weighted by atomic mass is 10.1. The number of hydrogen-bond acceptors (Lipinski definition) is 7. The number of fused-ring (bicyclic) bond motifs is 1. The fourth-order valence-electron chi connectivity index (χ4n) is 3.07. The number of nitrogens with zero attached hydrogens (tertiary/aromatic N) is 1. The lowest BCUT2D eigenvalue weighted by molar-refractivity contribution is -0.156. The van der Waals surface area contributed by atoms with E-state index < -0.39 is 12.1 Å². The van der Waals surface area contributed by atoms with E-state index in [9.17, 15) is 9.59 Å². The van der Waals surface area contributed by atoms with Gasteiger partial charge in [0.15, 0.2) is 11.5 Å². The minimum absolute atomic E-state index is 0.00937. The molecule has 2 aromatic carbocycles. The first kappa shape index (κ1) is 20.9. The minimum Gasteiger partial charge on any atom is -0.485 e. The molecule has 0 radical (unpaired) electrons. The maximum Gasteiger partial charge on any atom is 0.351 e. The van der Waals surface area contributed by atoms with Crippen LogP contribution in [0, 0.1) is 13.8 Å². The number of amides is 1. The van der Waals surface area contributed by atoms with Gasteiger partial charge in [0, 0.05) is 11.1 Å². The third kappa shape index (κ3) is 5.21. The maximum absolute atomic E-state index is 12.4. The molecular weight excluding hydrogens is 416 g/mol. The topological polar surface area (TPSA) is 86.8 Å². The number of anilines is 1. The van der Waals surface area contributed by atoms with Gasteiger partial charge in [-0.1, -0.05) is 24.3 Å². The highest BCUT2D eigenvalue weighted by molar-refractivity contribution is 7.09. The van der Waals surface area contributed by atoms with Gasteiger partial charge in [0.2, 0.25) is 12.0 Å². The number of hydrogen-bond donors (Lipinski definition) is 1. The minimum atomic E-state index is -0.823. The molecular formula is C23H22N2O5S. The second kappa shape index (κ2) is 9.18. The predicted octanol–water partition coefficient (Wildman–Crippen LogP) is 3.82. The van der Waals surface area contributed by atoms with Crippen molar-refractivity contribution in [3.8, 4) is 11.5 Å². The molecule has 1 aromatic heterocycles. The fraction of sp³-hybridized carbons (Fsp3) is 0.261. The Morgan fingerprint density at radius 1 is 1.19 bits per heavy atom. The van der Waals surface area contributed by atoms with Crippen LogP contribution in [0.1, 0.15) is 21.8 Å². The molecule has 1 aliphatic heterocycles. The molecule has 160 valence electrons. The Morgan fingerprint density at radius 2 is 2.00 bits per heavy atom. The first-order chi connectivity index (χ1) is 15.0. The largest absolute Gasteiger partial charge is 0.485 e. The quantitative estimate of drug-likeness (QED) is 0.589. The Morgan fingerprint density at radius 3 is 2.84 bits per heavy atom. The van der Waals surface area contributed by atoms with Crippen molar-refractivity contribution < 1.29 is 23.8 Å². The smallest absolute Gasteiger partial charge is 0.351 e. The molecule has 1 unspecified atom stereocenters. The third-order valence-electron chi connectivity index (χ3n) is 4.71. The van der Waals surface area contributed by atoms with Crippen molar-refractivity contribution in [2.24, 2.45) is 0 Å². The molecule has 1 amide bonds. The van der Waals surface area contributed by atoms with Gasteiger partial charge >= 0.3 is 5.97 Å². The van der Waals surface area contributed by atoms with E-state index in [0.29, 0.717) is 22.2 Å². The highest BCUT2D eigenvalue weighted by Gasteiger charge is 2.28. The molecule has 0 spiro atoms. The number of ether oxygens (including phenoxy) is 3. The van der Waals surface area contributed by atoms with E-state index in [0.717, 1.165) is 16.8 Å². The molecule has 2 heterocycles. The van der Waals surface area contributed by atoms with Crippen LogP contribution in [-0.2, 0) is 27.4 Å². The molecule has 0 saturated carbocycles. The number of nitrogens with one attached hydrogen (secondary N) is 1. The Hall–Kier alpha value is -3.39. The Labute approximate surface area is 184 Å². The summed E-state index contributed by atoms with van der Waals surface area (Å²) in [5.41, 5.74) is 3.47. The van der Waals surface area contributed by atoms with Crippen LogP contribution in [0.15, 0.2) is 47.8 Å². The normalized spacial score (nSPS) is 14.7. The summed E-state index contributed by atoms with van der Waals surface area (Å²) in [7, 11) is 0. The van der Waals surface area contributed by atoms with Gasteiger partial charge in [-0.3, -0.25) is 4.79 Å². The van der Waals surface area contributed by atoms with Gasteiger partial charge in [-0.2, -0.15) is 0 Å². The van der Waals surface area contributed by atoms with Crippen molar-refractivity contribution in [3.05, 3.63) is 69.7 Å². The van der Waals surface area contributed by atoms with Crippen LogP contribution in [-0.4, -0.2) is 29.6 Å². The predicted molar refractivity (Wildman–Crippen MR) is 117 cm³/mol. The molecule has 3 aromatic rings. The number of benzene rings is 2. The third-order valence-corrected chi connectivity index (χ3v) is 5.61. The van der Waals surface area contributed by atoms with Crippen LogP contribution in [0.3, 0.4) is 0 Å². The maximum atomic E-state index is 12.4. The fourth-order valence-corrected chi connectivity index (χ4v) is 3.85. The van der Waals surface area contributed by atoms with Crippen LogP contribution >= 0.6 is 11.3 Å². The Balaban J connectivity index is 1.28. The molecule has 0 bridgehead atoms. The number of para-hydroxylation sites is 2. The van der Waals surface area contributed by atoms with Crippen LogP contribution in [0.5, 0.6) is 11.5 Å². The standard InChI is InChI=1S/C23H22N2O5S/c1-14-7-8-15(2)17(9-14)25-21(26)10-22-24-16(13-31-22)11-29-23(27)20-12-28-18-5-3-4-6-19(18)30-20/h3-9,13,20H,10-12H2,1-2H3,(H,25,26). The first-order valence-electron chi connectivity index (χ1n) is 9.83. The first-order valence-corrected chi connectivity index (χ1v) is 10.7. The van der Waals surface area contributed by atoms with Crippen LogP contribution in [0.4, 0.5) is 5.69 Å². The summed E-state index contributed by atoms with van der Waals surface area (Å²) in [6.07, 6.45) is -0.668. The lowest BCUT2D eigenvalue weighted by Gasteiger charge is -2.24. The number of carbonyl (C=O) groups excluding carboxylic acids is 2. The summed E-state index contributed by atoms with van der Waals surface area (Å²) in [5.74, 6) is 0.464. The second-order valence-electron chi connectivity index (χ2n) is 7.25. The summed E-state index contributed by atoms with van der Waals surface area (Å²) in [4.78, 5) is 29.1. The van der Waals surface area contributed by atoms with Gasteiger partial charge in [0.05, 0.1) is 12.1 Å². The highest BCUT2D eigenvalue weighted by Crippen LogP contribution is 2.31. The molecule has 31 heavy (non-hydrogen) atoms. The van der Waals surface area contributed by atoms with E-state index in [2.05, 4.69) is 10.3 Å². The lowest BCUT2D eigenvalue weighted by Crippen LogP contribution is -2.37. The zero-order valence-electron chi connectivity index (χ0n) is 17.2. The van der Waals surface area contributed by atoms with E-state index in [1.165, 1.54) is 11.3 Å². The van der Waals surface area contributed by atoms with Crippen molar-refractivity contribution in [3.63, 3.8) is 0 Å². The van der Waals surface area contributed by atoms with Crippen molar-refractivity contribution in [1.82, 2.24) is 4.98 Å². The number of carbonyl (C=O) groups is 2. The van der Waals surface area contributed by atoms with E-state index >= 15 is 0 Å². The summed E-state index contributed by atoms with van der Waals surface area (Å²) in [6, 6.07) is 13.1. The molecule has 1 aliphatic rings. The molecule has 0 saturated heterocycles.